The Labute approximate surface area is 155 Å². The van der Waals surface area contributed by atoms with Crippen LogP contribution in [0.4, 0.5) is 0 Å². The minimum Gasteiger partial charge on any atom is -0.343 e. The predicted octanol–water partition coefficient (Wildman–Crippen LogP) is 3.55. The van der Waals surface area contributed by atoms with Crippen molar-refractivity contribution in [3.8, 4) is 0 Å². The van der Waals surface area contributed by atoms with Crippen LogP contribution >= 0.6 is 11.6 Å². The Kier molecular flexibility index (Phi) is 5.80. The first-order chi connectivity index (χ1) is 12.0. The highest BCUT2D eigenvalue weighted by molar-refractivity contribution is 6.30. The smallest absolute Gasteiger partial charge is 0.219 e. The van der Waals surface area contributed by atoms with Crippen molar-refractivity contribution in [3.63, 3.8) is 0 Å². The van der Waals surface area contributed by atoms with Gasteiger partial charge in [-0.15, -0.1) is 0 Å². The van der Waals surface area contributed by atoms with E-state index in [1.807, 2.05) is 24.0 Å². The third-order valence-electron chi connectivity index (χ3n) is 5.70. The molecular weight excluding hydrogens is 336 g/mol. The molecule has 2 aliphatic heterocycles. The summed E-state index contributed by atoms with van der Waals surface area (Å²) in [6.45, 7) is 7.18. The molecule has 0 saturated carbocycles. The lowest BCUT2D eigenvalue weighted by molar-refractivity contribution is -0.130. The molecule has 5 heteroatoms. The van der Waals surface area contributed by atoms with E-state index in [0.29, 0.717) is 11.1 Å². The summed E-state index contributed by atoms with van der Waals surface area (Å²) in [5, 5.41) is 0.677. The summed E-state index contributed by atoms with van der Waals surface area (Å²) < 4.78 is 0. The van der Waals surface area contributed by atoms with Gasteiger partial charge in [-0.25, -0.2) is 0 Å². The van der Waals surface area contributed by atoms with Gasteiger partial charge in [0.1, 0.15) is 0 Å². The predicted molar refractivity (Wildman–Crippen MR) is 100 cm³/mol. The van der Waals surface area contributed by atoms with Crippen LogP contribution in [0.3, 0.4) is 0 Å². The zero-order valence-corrected chi connectivity index (χ0v) is 15.9. The normalized spacial score (nSPS) is 22.8. The number of benzene rings is 1. The number of carbonyl (C=O) groups is 2. The minimum atomic E-state index is 0.0689. The summed E-state index contributed by atoms with van der Waals surface area (Å²) in [6.07, 6.45) is 4.06. The molecule has 4 nitrogen and oxygen atoms in total. The molecule has 2 saturated heterocycles. The van der Waals surface area contributed by atoms with Gasteiger partial charge in [0.15, 0.2) is 5.78 Å². The van der Waals surface area contributed by atoms with Gasteiger partial charge in [0.05, 0.1) is 0 Å². The Morgan fingerprint density at radius 3 is 2.48 bits per heavy atom. The van der Waals surface area contributed by atoms with E-state index in [9.17, 15) is 9.59 Å². The van der Waals surface area contributed by atoms with E-state index < -0.39 is 0 Å². The van der Waals surface area contributed by atoms with Crippen molar-refractivity contribution in [2.24, 2.45) is 5.92 Å². The molecule has 1 aromatic rings. The number of halogens is 1. The first-order valence-electron chi connectivity index (χ1n) is 9.25. The van der Waals surface area contributed by atoms with Gasteiger partial charge in [0, 0.05) is 49.1 Å². The monoisotopic (exact) mass is 362 g/mol. The number of rotatable bonds is 3. The second-order valence-electron chi connectivity index (χ2n) is 7.39. The molecular formula is C20H27ClN2O2. The fourth-order valence-corrected chi connectivity index (χ4v) is 4.45. The topological polar surface area (TPSA) is 40.6 Å². The van der Waals surface area contributed by atoms with Gasteiger partial charge >= 0.3 is 0 Å². The van der Waals surface area contributed by atoms with Crippen LogP contribution in [0.15, 0.2) is 18.2 Å². The van der Waals surface area contributed by atoms with Gasteiger partial charge in [-0.3, -0.25) is 14.5 Å². The summed E-state index contributed by atoms with van der Waals surface area (Å²) in [6, 6.07) is 6.04. The molecule has 0 spiro atoms. The fraction of sp³-hybridized carbons (Fsp3) is 0.600. The summed E-state index contributed by atoms with van der Waals surface area (Å²) in [5.41, 5.74) is 1.77. The number of Topliss-reactive ketones (excluding diaryl/α,β-unsaturated/α-hetero) is 1. The fourth-order valence-electron chi connectivity index (χ4n) is 4.22. The first kappa shape index (κ1) is 18.4. The Morgan fingerprint density at radius 2 is 1.84 bits per heavy atom. The largest absolute Gasteiger partial charge is 0.343 e. The van der Waals surface area contributed by atoms with Crippen molar-refractivity contribution in [2.75, 3.05) is 26.2 Å². The molecule has 0 bridgehead atoms. The maximum atomic E-state index is 13.0. The zero-order chi connectivity index (χ0) is 18.0. The van der Waals surface area contributed by atoms with Gasteiger partial charge in [-0.2, -0.15) is 0 Å². The third-order valence-corrected chi connectivity index (χ3v) is 5.94. The molecule has 1 aromatic carbocycles. The number of likely N-dealkylation sites (tertiary alicyclic amines) is 2. The Balaban J connectivity index is 1.63. The second-order valence-corrected chi connectivity index (χ2v) is 7.83. The SMILES string of the molecule is CC(=O)N1CCC(N2CCC[C@@H](C(=O)c3ccc(Cl)cc3C)C2)CC1. The summed E-state index contributed by atoms with van der Waals surface area (Å²) in [7, 11) is 0. The van der Waals surface area contributed by atoms with E-state index in [0.717, 1.165) is 63.0 Å². The maximum Gasteiger partial charge on any atom is 0.219 e. The van der Waals surface area contributed by atoms with Crippen molar-refractivity contribution in [2.45, 2.75) is 45.6 Å². The number of hydrogen-bond donors (Lipinski definition) is 0. The van der Waals surface area contributed by atoms with E-state index >= 15 is 0 Å². The lowest BCUT2D eigenvalue weighted by Crippen LogP contribution is -2.50. The molecule has 0 aromatic heterocycles. The van der Waals surface area contributed by atoms with E-state index in [4.69, 9.17) is 11.6 Å². The van der Waals surface area contributed by atoms with Crippen LogP contribution in [0, 0.1) is 12.8 Å². The molecule has 25 heavy (non-hydrogen) atoms. The average molecular weight is 363 g/mol. The molecule has 0 N–H and O–H groups in total. The van der Waals surface area contributed by atoms with Gasteiger partial charge in [-0.05, 0) is 62.9 Å². The van der Waals surface area contributed by atoms with Crippen LogP contribution in [0.25, 0.3) is 0 Å². The summed E-state index contributed by atoms with van der Waals surface area (Å²) in [4.78, 5) is 28.9. The summed E-state index contributed by atoms with van der Waals surface area (Å²) >= 11 is 6.02. The lowest BCUT2D eigenvalue weighted by atomic mass is 9.87. The Bertz CT molecular complexity index is 653. The Hall–Kier alpha value is -1.39. The van der Waals surface area contributed by atoms with Crippen LogP contribution in [0.2, 0.25) is 5.02 Å². The van der Waals surface area contributed by atoms with Gasteiger partial charge in [-0.1, -0.05) is 11.6 Å². The highest BCUT2D eigenvalue weighted by Crippen LogP contribution is 2.27. The van der Waals surface area contributed by atoms with Crippen molar-refractivity contribution < 1.29 is 9.59 Å². The van der Waals surface area contributed by atoms with Crippen molar-refractivity contribution in [3.05, 3.63) is 34.3 Å². The number of hydrogen-bond acceptors (Lipinski definition) is 3. The molecule has 1 atom stereocenters. The molecule has 136 valence electrons. The van der Waals surface area contributed by atoms with Crippen molar-refractivity contribution in [1.29, 1.82) is 0 Å². The standard InChI is InChI=1S/C20H27ClN2O2/c1-14-12-17(21)5-6-19(14)20(25)16-4-3-9-23(13-16)18-7-10-22(11-8-18)15(2)24/h5-6,12,16,18H,3-4,7-11,13H2,1-2H3/t16-/m1/s1. The molecule has 2 aliphatic rings. The maximum absolute atomic E-state index is 13.0. The average Bonchev–Trinajstić information content (AvgIpc) is 2.61. The van der Waals surface area contributed by atoms with E-state index in [-0.39, 0.29) is 17.6 Å². The molecule has 0 radical (unpaired) electrons. The number of nitrogens with zero attached hydrogens (tertiary/aromatic N) is 2. The Morgan fingerprint density at radius 1 is 1.12 bits per heavy atom. The molecule has 1 amide bonds. The van der Waals surface area contributed by atoms with Crippen molar-refractivity contribution in [1.82, 2.24) is 9.80 Å². The molecule has 2 heterocycles. The highest BCUT2D eigenvalue weighted by atomic mass is 35.5. The summed E-state index contributed by atoms with van der Waals surface area (Å²) in [5.74, 6) is 0.489. The van der Waals surface area contributed by atoms with E-state index in [1.165, 1.54) is 0 Å². The number of amides is 1. The minimum absolute atomic E-state index is 0.0689. The second kappa shape index (κ2) is 7.88. The quantitative estimate of drug-likeness (QED) is 0.772. The van der Waals surface area contributed by atoms with Gasteiger partial charge < -0.3 is 4.90 Å². The van der Waals surface area contributed by atoms with Crippen LogP contribution in [-0.4, -0.2) is 53.7 Å². The first-order valence-corrected chi connectivity index (χ1v) is 9.63. The van der Waals surface area contributed by atoms with Crippen LogP contribution in [0.5, 0.6) is 0 Å². The van der Waals surface area contributed by atoms with Crippen molar-refractivity contribution >= 4 is 23.3 Å². The number of aryl methyl sites for hydroxylation is 1. The third kappa shape index (κ3) is 4.24. The number of ketones is 1. The molecule has 0 unspecified atom stereocenters. The van der Waals surface area contributed by atoms with E-state index in [1.54, 1.807) is 13.0 Å². The molecule has 3 rings (SSSR count). The van der Waals surface area contributed by atoms with Crippen LogP contribution in [0.1, 0.15) is 48.5 Å². The zero-order valence-electron chi connectivity index (χ0n) is 15.1. The molecule has 0 aliphatic carbocycles. The molecule has 2 fully saturated rings. The lowest BCUT2D eigenvalue weighted by Gasteiger charge is -2.42. The van der Waals surface area contributed by atoms with Crippen LogP contribution in [-0.2, 0) is 4.79 Å². The van der Waals surface area contributed by atoms with Gasteiger partial charge in [0.25, 0.3) is 0 Å². The highest BCUT2D eigenvalue weighted by Gasteiger charge is 2.32. The van der Waals surface area contributed by atoms with E-state index in [2.05, 4.69) is 4.90 Å². The van der Waals surface area contributed by atoms with Gasteiger partial charge in [0.2, 0.25) is 5.91 Å². The number of carbonyl (C=O) groups excluding carboxylic acids is 2. The number of piperidine rings is 2. The van der Waals surface area contributed by atoms with Crippen LogP contribution < -0.4 is 0 Å².